The lowest BCUT2D eigenvalue weighted by molar-refractivity contribution is 0.307. The molecule has 0 bridgehead atoms. The van der Waals surface area contributed by atoms with E-state index in [0.717, 1.165) is 44.6 Å². The predicted molar refractivity (Wildman–Crippen MR) is 152 cm³/mol. The number of benzene rings is 5. The van der Waals surface area contributed by atoms with Gasteiger partial charge in [0.05, 0.1) is 11.6 Å². The minimum atomic E-state index is -0.389. The molecule has 5 aromatic carbocycles. The second-order valence-corrected chi connectivity index (χ2v) is 9.42. The minimum Gasteiger partial charge on any atom is -0.488 e. The SMILES string of the molecule is Cc1ccc(OCc2ccccc2)c(-c2ccc3oc(=O)n(C(c4ccccc4)c4ccccc4)c3c2)c1. The van der Waals surface area contributed by atoms with Crippen LogP contribution >= 0.6 is 0 Å². The van der Waals surface area contributed by atoms with E-state index in [9.17, 15) is 4.79 Å². The van der Waals surface area contributed by atoms with E-state index >= 15 is 0 Å². The van der Waals surface area contributed by atoms with Crippen molar-refractivity contribution in [2.75, 3.05) is 0 Å². The van der Waals surface area contributed by atoms with Crippen LogP contribution in [0.1, 0.15) is 28.3 Å². The van der Waals surface area contributed by atoms with Crippen molar-refractivity contribution in [3.05, 3.63) is 160 Å². The van der Waals surface area contributed by atoms with E-state index in [0.29, 0.717) is 12.2 Å². The maximum absolute atomic E-state index is 13.3. The number of ether oxygens (including phenoxy) is 1. The van der Waals surface area contributed by atoms with E-state index in [4.69, 9.17) is 9.15 Å². The minimum absolute atomic E-state index is 0.326. The molecule has 0 aliphatic rings. The van der Waals surface area contributed by atoms with Crippen LogP contribution < -0.4 is 10.5 Å². The van der Waals surface area contributed by atoms with Gasteiger partial charge in [0.1, 0.15) is 12.4 Å². The molecule has 0 aliphatic heterocycles. The standard InChI is InChI=1S/C34H27NO3/c1-24-17-19-31(37-23-25-11-5-2-6-12-25)29(21-24)28-18-20-32-30(22-28)35(34(36)38-32)33(26-13-7-3-8-14-26)27-15-9-4-10-16-27/h2-22,33H,23H2,1H3. The van der Waals surface area contributed by atoms with Gasteiger partial charge >= 0.3 is 5.76 Å². The van der Waals surface area contributed by atoms with E-state index in [2.05, 4.69) is 31.2 Å². The van der Waals surface area contributed by atoms with Crippen molar-refractivity contribution in [1.82, 2.24) is 4.57 Å². The fourth-order valence-corrected chi connectivity index (χ4v) is 4.94. The van der Waals surface area contributed by atoms with Crippen molar-refractivity contribution in [2.24, 2.45) is 0 Å². The van der Waals surface area contributed by atoms with Gasteiger partial charge in [-0.3, -0.25) is 4.57 Å². The summed E-state index contributed by atoms with van der Waals surface area (Å²) in [6.45, 7) is 2.54. The van der Waals surface area contributed by atoms with Crippen LogP contribution in [0, 0.1) is 6.92 Å². The van der Waals surface area contributed by atoms with Gasteiger partial charge in [0.15, 0.2) is 5.58 Å². The number of hydrogen-bond acceptors (Lipinski definition) is 3. The van der Waals surface area contributed by atoms with Gasteiger partial charge in [-0.15, -0.1) is 0 Å². The van der Waals surface area contributed by atoms with E-state index in [1.807, 2.05) is 103 Å². The van der Waals surface area contributed by atoms with Gasteiger partial charge in [-0.05, 0) is 53.4 Å². The van der Waals surface area contributed by atoms with Crippen LogP contribution in [-0.4, -0.2) is 4.57 Å². The highest BCUT2D eigenvalue weighted by atomic mass is 16.5. The smallest absolute Gasteiger partial charge is 0.420 e. The lowest BCUT2D eigenvalue weighted by Crippen LogP contribution is -2.22. The summed E-state index contributed by atoms with van der Waals surface area (Å²) in [7, 11) is 0. The Labute approximate surface area is 221 Å². The van der Waals surface area contributed by atoms with Crippen LogP contribution in [0.3, 0.4) is 0 Å². The first-order chi connectivity index (χ1) is 18.7. The Morgan fingerprint density at radius 2 is 1.37 bits per heavy atom. The Bertz CT molecular complexity index is 1700. The number of fused-ring (bicyclic) bond motifs is 1. The molecule has 0 N–H and O–H groups in total. The van der Waals surface area contributed by atoms with Crippen LogP contribution in [-0.2, 0) is 6.61 Å². The monoisotopic (exact) mass is 497 g/mol. The quantitative estimate of drug-likeness (QED) is 0.226. The molecule has 0 atom stereocenters. The first-order valence-corrected chi connectivity index (χ1v) is 12.7. The molecule has 4 heteroatoms. The topological polar surface area (TPSA) is 44.4 Å². The first kappa shape index (κ1) is 23.6. The molecular formula is C34H27NO3. The molecule has 0 amide bonds. The van der Waals surface area contributed by atoms with Gasteiger partial charge in [0.2, 0.25) is 0 Å². The Hall–Kier alpha value is -4.83. The fourth-order valence-electron chi connectivity index (χ4n) is 4.94. The Kier molecular flexibility index (Phi) is 6.37. The van der Waals surface area contributed by atoms with Crippen molar-refractivity contribution < 1.29 is 9.15 Å². The van der Waals surface area contributed by atoms with Gasteiger partial charge in [-0.25, -0.2) is 4.79 Å². The Morgan fingerprint density at radius 3 is 2.03 bits per heavy atom. The van der Waals surface area contributed by atoms with Crippen LogP contribution in [0.4, 0.5) is 0 Å². The molecule has 1 heterocycles. The molecule has 0 saturated heterocycles. The highest BCUT2D eigenvalue weighted by Gasteiger charge is 2.23. The molecule has 6 rings (SSSR count). The van der Waals surface area contributed by atoms with Crippen molar-refractivity contribution in [3.63, 3.8) is 0 Å². The zero-order chi connectivity index (χ0) is 25.9. The molecule has 0 spiro atoms. The molecule has 186 valence electrons. The summed E-state index contributed by atoms with van der Waals surface area (Å²) in [6.07, 6.45) is 0. The van der Waals surface area contributed by atoms with Crippen LogP contribution in [0.15, 0.2) is 137 Å². The summed E-state index contributed by atoms with van der Waals surface area (Å²) >= 11 is 0. The second kappa shape index (κ2) is 10.3. The molecule has 6 aromatic rings. The van der Waals surface area contributed by atoms with E-state index < -0.39 is 0 Å². The number of aryl methyl sites for hydroxylation is 1. The number of hydrogen-bond donors (Lipinski definition) is 0. The zero-order valence-electron chi connectivity index (χ0n) is 21.1. The summed E-state index contributed by atoms with van der Waals surface area (Å²) < 4.78 is 13.8. The van der Waals surface area contributed by atoms with Crippen molar-refractivity contribution in [2.45, 2.75) is 19.6 Å². The summed E-state index contributed by atoms with van der Waals surface area (Å²) in [6, 6.07) is 42.0. The highest BCUT2D eigenvalue weighted by molar-refractivity contribution is 5.83. The van der Waals surface area contributed by atoms with Gasteiger partial charge in [-0.1, -0.05) is 109 Å². The van der Waals surface area contributed by atoms with Crippen molar-refractivity contribution in [1.29, 1.82) is 0 Å². The first-order valence-electron chi connectivity index (χ1n) is 12.7. The van der Waals surface area contributed by atoms with Crippen molar-refractivity contribution in [3.8, 4) is 16.9 Å². The Balaban J connectivity index is 1.48. The number of nitrogens with zero attached hydrogens (tertiary/aromatic N) is 1. The zero-order valence-corrected chi connectivity index (χ0v) is 21.1. The fraction of sp³-hybridized carbons (Fsp3) is 0.0882. The molecule has 0 aliphatic carbocycles. The van der Waals surface area contributed by atoms with E-state index in [1.165, 1.54) is 0 Å². The molecular weight excluding hydrogens is 470 g/mol. The summed E-state index contributed by atoms with van der Waals surface area (Å²) in [5.41, 5.74) is 7.47. The number of rotatable bonds is 7. The van der Waals surface area contributed by atoms with Gasteiger partial charge < -0.3 is 9.15 Å². The number of oxazole rings is 1. The third-order valence-electron chi connectivity index (χ3n) is 6.78. The van der Waals surface area contributed by atoms with Gasteiger partial charge in [-0.2, -0.15) is 0 Å². The Morgan fingerprint density at radius 1 is 0.737 bits per heavy atom. The molecule has 4 nitrogen and oxygen atoms in total. The molecule has 0 unspecified atom stereocenters. The molecule has 0 fully saturated rings. The van der Waals surface area contributed by atoms with Gasteiger partial charge in [0.25, 0.3) is 0 Å². The molecule has 1 aromatic heterocycles. The lowest BCUT2D eigenvalue weighted by Gasteiger charge is -2.19. The van der Waals surface area contributed by atoms with Crippen LogP contribution in [0.5, 0.6) is 5.75 Å². The molecule has 0 radical (unpaired) electrons. The number of aromatic nitrogens is 1. The lowest BCUT2D eigenvalue weighted by atomic mass is 9.97. The third kappa shape index (κ3) is 4.64. The normalized spacial score (nSPS) is 11.2. The van der Waals surface area contributed by atoms with Crippen LogP contribution in [0.2, 0.25) is 0 Å². The summed E-state index contributed by atoms with van der Waals surface area (Å²) in [4.78, 5) is 13.3. The maximum atomic E-state index is 13.3. The maximum Gasteiger partial charge on any atom is 0.420 e. The summed E-state index contributed by atoms with van der Waals surface area (Å²) in [5.74, 6) is 0.401. The molecule has 38 heavy (non-hydrogen) atoms. The van der Waals surface area contributed by atoms with Gasteiger partial charge in [0, 0.05) is 5.56 Å². The van der Waals surface area contributed by atoms with Crippen LogP contribution in [0.25, 0.3) is 22.2 Å². The molecule has 0 saturated carbocycles. The largest absolute Gasteiger partial charge is 0.488 e. The highest BCUT2D eigenvalue weighted by Crippen LogP contribution is 2.35. The third-order valence-corrected chi connectivity index (χ3v) is 6.78. The average Bonchev–Trinajstić information content (AvgIpc) is 3.29. The van der Waals surface area contributed by atoms with Crippen molar-refractivity contribution >= 4 is 11.1 Å². The summed E-state index contributed by atoms with van der Waals surface area (Å²) in [5, 5.41) is 0. The van der Waals surface area contributed by atoms with E-state index in [-0.39, 0.29) is 11.8 Å². The second-order valence-electron chi connectivity index (χ2n) is 9.42. The average molecular weight is 498 g/mol. The predicted octanol–water partition coefficient (Wildman–Crippen LogP) is 7.79. The van der Waals surface area contributed by atoms with E-state index in [1.54, 1.807) is 4.57 Å².